The molecule has 2 aliphatic rings. The summed E-state index contributed by atoms with van der Waals surface area (Å²) in [6.07, 6.45) is 0.362. The number of nitrogens with one attached hydrogen (secondary N) is 1. The quantitative estimate of drug-likeness (QED) is 0.759. The maximum absolute atomic E-state index is 15.5. The van der Waals surface area contributed by atoms with E-state index in [9.17, 15) is 14.4 Å². The zero-order valence-electron chi connectivity index (χ0n) is 16.4. The third-order valence-corrected chi connectivity index (χ3v) is 5.87. The van der Waals surface area contributed by atoms with Crippen LogP contribution in [0.4, 0.5) is 10.2 Å². The Labute approximate surface area is 167 Å². The molecule has 2 aromatic rings. The molecule has 2 atom stereocenters. The Morgan fingerprint density at radius 2 is 1.90 bits per heavy atom. The lowest BCUT2D eigenvalue weighted by Gasteiger charge is -2.32. The van der Waals surface area contributed by atoms with Crippen LogP contribution in [0.1, 0.15) is 52.9 Å². The predicted octanol–water partition coefficient (Wildman–Crippen LogP) is 2.41. The molecule has 1 aromatic carbocycles. The lowest BCUT2D eigenvalue weighted by molar-refractivity contribution is -0.137. The Kier molecular flexibility index (Phi) is 4.37. The smallest absolute Gasteiger partial charge is 0.255 e. The van der Waals surface area contributed by atoms with E-state index in [1.807, 2.05) is 13.8 Å². The largest absolute Gasteiger partial charge is 0.383 e. The highest BCUT2D eigenvalue weighted by atomic mass is 19.1. The van der Waals surface area contributed by atoms with Crippen molar-refractivity contribution in [1.82, 2.24) is 15.2 Å². The van der Waals surface area contributed by atoms with E-state index in [2.05, 4.69) is 10.3 Å². The van der Waals surface area contributed by atoms with Crippen molar-refractivity contribution in [3.8, 4) is 11.3 Å². The number of fused-ring (bicyclic) bond motifs is 1. The Hall–Kier alpha value is -3.29. The molecule has 0 aliphatic carbocycles. The summed E-state index contributed by atoms with van der Waals surface area (Å²) in [6, 6.07) is 3.39. The van der Waals surface area contributed by atoms with Crippen molar-refractivity contribution in [3.63, 3.8) is 0 Å². The van der Waals surface area contributed by atoms with Gasteiger partial charge in [0.25, 0.3) is 5.91 Å². The summed E-state index contributed by atoms with van der Waals surface area (Å²) in [5.74, 6) is -1.53. The first-order chi connectivity index (χ1) is 13.7. The molecule has 1 fully saturated rings. The van der Waals surface area contributed by atoms with Crippen molar-refractivity contribution in [2.45, 2.75) is 45.7 Å². The number of nitrogen functional groups attached to an aromatic ring is 1. The Morgan fingerprint density at radius 3 is 2.55 bits per heavy atom. The SMILES string of the molecule is Cc1cc(-c2ccc3c(c2F)[C@@H](C)N(C2CCC(=O)NC2=O)C3=O)nc(N)c1C. The molecule has 29 heavy (non-hydrogen) atoms. The van der Waals surface area contributed by atoms with E-state index in [0.29, 0.717) is 11.5 Å². The second kappa shape index (κ2) is 6.65. The first-order valence-electron chi connectivity index (χ1n) is 9.43. The number of aryl methyl sites for hydroxylation is 1. The minimum Gasteiger partial charge on any atom is -0.383 e. The summed E-state index contributed by atoms with van der Waals surface area (Å²) < 4.78 is 15.5. The van der Waals surface area contributed by atoms with Gasteiger partial charge in [0.15, 0.2) is 0 Å². The fourth-order valence-corrected chi connectivity index (χ4v) is 4.10. The molecule has 3 heterocycles. The number of nitrogens with two attached hydrogens (primary N) is 1. The van der Waals surface area contributed by atoms with E-state index in [1.165, 1.54) is 11.0 Å². The number of carbonyl (C=O) groups excluding carboxylic acids is 3. The standard InChI is InChI=1S/C21H21FN4O3/c1-9-8-14(24-19(23)10(9)2)12-4-5-13-17(18(12)22)11(3)26(21(13)29)15-6-7-16(27)25-20(15)28/h4-5,8,11,15H,6-7H2,1-3H3,(H2,23,24)(H,25,27,28)/t11-,15?/m1/s1. The van der Waals surface area contributed by atoms with Gasteiger partial charge in [-0.3, -0.25) is 19.7 Å². The van der Waals surface area contributed by atoms with Crippen LogP contribution in [0.3, 0.4) is 0 Å². The highest BCUT2D eigenvalue weighted by molar-refractivity contribution is 6.06. The summed E-state index contributed by atoms with van der Waals surface area (Å²) in [5.41, 5.74) is 8.78. The van der Waals surface area contributed by atoms with Crippen LogP contribution in [0.15, 0.2) is 18.2 Å². The van der Waals surface area contributed by atoms with E-state index < -0.39 is 29.7 Å². The van der Waals surface area contributed by atoms with Gasteiger partial charge in [0.2, 0.25) is 11.8 Å². The summed E-state index contributed by atoms with van der Waals surface area (Å²) >= 11 is 0. The maximum atomic E-state index is 15.5. The van der Waals surface area contributed by atoms with Crippen molar-refractivity contribution in [1.29, 1.82) is 0 Å². The highest BCUT2D eigenvalue weighted by Crippen LogP contribution is 2.41. The van der Waals surface area contributed by atoms with Gasteiger partial charge < -0.3 is 10.6 Å². The number of benzene rings is 1. The lowest BCUT2D eigenvalue weighted by Crippen LogP contribution is -2.53. The van der Waals surface area contributed by atoms with Gasteiger partial charge in [0.1, 0.15) is 17.7 Å². The third-order valence-electron chi connectivity index (χ3n) is 5.87. The molecule has 7 nitrogen and oxygen atoms in total. The van der Waals surface area contributed by atoms with Gasteiger partial charge in [-0.05, 0) is 56.5 Å². The van der Waals surface area contributed by atoms with Gasteiger partial charge in [-0.25, -0.2) is 9.37 Å². The van der Waals surface area contributed by atoms with Crippen molar-refractivity contribution in [2.24, 2.45) is 0 Å². The summed E-state index contributed by atoms with van der Waals surface area (Å²) in [7, 11) is 0. The van der Waals surface area contributed by atoms with Gasteiger partial charge in [-0.15, -0.1) is 0 Å². The summed E-state index contributed by atoms with van der Waals surface area (Å²) in [6.45, 7) is 5.40. The molecular weight excluding hydrogens is 375 g/mol. The van der Waals surface area contributed by atoms with Crippen LogP contribution in [-0.4, -0.2) is 33.6 Å². The molecule has 0 bridgehead atoms. The first kappa shape index (κ1) is 19.0. The van der Waals surface area contributed by atoms with Crippen molar-refractivity contribution < 1.29 is 18.8 Å². The minimum atomic E-state index is -0.805. The minimum absolute atomic E-state index is 0.142. The lowest BCUT2D eigenvalue weighted by atomic mass is 9.97. The van der Waals surface area contributed by atoms with Crippen LogP contribution < -0.4 is 11.1 Å². The number of imide groups is 1. The van der Waals surface area contributed by atoms with E-state index in [1.54, 1.807) is 19.1 Å². The van der Waals surface area contributed by atoms with Crippen LogP contribution in [0.25, 0.3) is 11.3 Å². The summed E-state index contributed by atoms with van der Waals surface area (Å²) in [4.78, 5) is 42.3. The number of nitrogens with zero attached hydrogens (tertiary/aromatic N) is 2. The molecule has 3 amide bonds. The third kappa shape index (κ3) is 2.86. The zero-order chi connectivity index (χ0) is 21.0. The molecule has 3 N–H and O–H groups in total. The molecule has 8 heteroatoms. The predicted molar refractivity (Wildman–Crippen MR) is 104 cm³/mol. The van der Waals surface area contributed by atoms with Gasteiger partial charge in [0, 0.05) is 23.1 Å². The Bertz CT molecular complexity index is 1060. The molecule has 150 valence electrons. The number of hydrogen-bond acceptors (Lipinski definition) is 5. The maximum Gasteiger partial charge on any atom is 0.255 e. The molecule has 0 radical (unpaired) electrons. The number of anilines is 1. The second-order valence-corrected chi connectivity index (χ2v) is 7.58. The van der Waals surface area contributed by atoms with Crippen LogP contribution in [0, 0.1) is 19.7 Å². The van der Waals surface area contributed by atoms with E-state index in [0.717, 1.165) is 11.1 Å². The molecular formula is C21H21FN4O3. The number of piperidine rings is 1. The number of hydrogen-bond donors (Lipinski definition) is 2. The Balaban J connectivity index is 1.77. The second-order valence-electron chi connectivity index (χ2n) is 7.58. The highest BCUT2D eigenvalue weighted by Gasteiger charge is 2.44. The van der Waals surface area contributed by atoms with Crippen LogP contribution in [0.2, 0.25) is 0 Å². The van der Waals surface area contributed by atoms with Gasteiger partial charge in [0.05, 0.1) is 11.7 Å². The van der Waals surface area contributed by atoms with E-state index in [4.69, 9.17) is 5.73 Å². The van der Waals surface area contributed by atoms with Crippen LogP contribution in [0.5, 0.6) is 0 Å². The average Bonchev–Trinajstić information content (AvgIpc) is 2.91. The fourth-order valence-electron chi connectivity index (χ4n) is 4.10. The normalized spacial score (nSPS) is 21.4. The summed E-state index contributed by atoms with van der Waals surface area (Å²) in [5, 5.41) is 2.25. The van der Waals surface area contributed by atoms with Crippen molar-refractivity contribution in [3.05, 3.63) is 46.3 Å². The number of aromatic nitrogens is 1. The van der Waals surface area contributed by atoms with Crippen molar-refractivity contribution >= 4 is 23.5 Å². The van der Waals surface area contributed by atoms with E-state index >= 15 is 4.39 Å². The van der Waals surface area contributed by atoms with Gasteiger partial charge >= 0.3 is 0 Å². The van der Waals surface area contributed by atoms with Gasteiger partial charge in [-0.1, -0.05) is 0 Å². The van der Waals surface area contributed by atoms with Gasteiger partial charge in [-0.2, -0.15) is 0 Å². The van der Waals surface area contributed by atoms with E-state index in [-0.39, 0.29) is 35.4 Å². The van der Waals surface area contributed by atoms with Crippen molar-refractivity contribution in [2.75, 3.05) is 5.73 Å². The number of pyridine rings is 1. The molecule has 1 saturated heterocycles. The number of halogens is 1. The number of carbonyl (C=O) groups is 3. The molecule has 1 aromatic heterocycles. The fraction of sp³-hybridized carbons (Fsp3) is 0.333. The first-order valence-corrected chi connectivity index (χ1v) is 9.43. The van der Waals surface area contributed by atoms with Crippen LogP contribution >= 0.6 is 0 Å². The number of rotatable bonds is 2. The Morgan fingerprint density at radius 1 is 1.21 bits per heavy atom. The average molecular weight is 396 g/mol. The molecule has 1 unspecified atom stereocenters. The van der Waals surface area contributed by atoms with Crippen LogP contribution in [-0.2, 0) is 9.59 Å². The molecule has 4 rings (SSSR count). The molecule has 0 saturated carbocycles. The molecule has 2 aliphatic heterocycles. The molecule has 0 spiro atoms. The topological polar surface area (TPSA) is 105 Å². The monoisotopic (exact) mass is 396 g/mol. The zero-order valence-corrected chi connectivity index (χ0v) is 16.4. The number of amides is 3.